The van der Waals surface area contributed by atoms with Crippen LogP contribution in [0.15, 0.2) is 0 Å². The molecule has 0 aromatic heterocycles. The van der Waals surface area contributed by atoms with Gasteiger partial charge in [0.2, 0.25) is 11.8 Å². The van der Waals surface area contributed by atoms with Gasteiger partial charge < -0.3 is 34.9 Å². The molecule has 2 bridgehead atoms. The summed E-state index contributed by atoms with van der Waals surface area (Å²) in [6.45, 7) is 16.3. The van der Waals surface area contributed by atoms with Crippen molar-refractivity contribution in [3.05, 3.63) is 0 Å². The van der Waals surface area contributed by atoms with Crippen LogP contribution in [0.3, 0.4) is 0 Å². The van der Waals surface area contributed by atoms with Crippen molar-refractivity contribution in [3.63, 3.8) is 0 Å². The van der Waals surface area contributed by atoms with Gasteiger partial charge in [-0.05, 0) is 114 Å². The summed E-state index contributed by atoms with van der Waals surface area (Å²) in [6, 6.07) is -0.523. The molecule has 6 fully saturated rings. The highest BCUT2D eigenvalue weighted by Crippen LogP contribution is 2.61. The Hall–Kier alpha value is -1.83. The molecule has 56 heavy (non-hydrogen) atoms. The molecule has 0 aromatic carbocycles. The molecular formula is C44H78N4O8. The fraction of sp³-hybridized carbons (Fsp3) is 0.932. The van der Waals surface area contributed by atoms with Gasteiger partial charge in [-0.15, -0.1) is 0 Å². The molecule has 0 spiro atoms. The number of methoxy groups -OCH3 is 1. The van der Waals surface area contributed by atoms with Crippen LogP contribution in [0.25, 0.3) is 0 Å². The minimum absolute atomic E-state index is 0.000550. The summed E-state index contributed by atoms with van der Waals surface area (Å²) in [5.41, 5.74) is 0.295. The van der Waals surface area contributed by atoms with E-state index in [2.05, 4.69) is 64.2 Å². The topological polar surface area (TPSA) is 139 Å². The van der Waals surface area contributed by atoms with Crippen molar-refractivity contribution < 1.29 is 38.5 Å². The number of amides is 2. The van der Waals surface area contributed by atoms with Gasteiger partial charge in [-0.1, -0.05) is 53.9 Å². The maximum Gasteiger partial charge on any atom is 0.332 e. The van der Waals surface area contributed by atoms with Gasteiger partial charge in [0.1, 0.15) is 18.8 Å². The number of carbonyl (C=O) groups excluding carboxylic acids is 3. The van der Waals surface area contributed by atoms with Gasteiger partial charge in [-0.3, -0.25) is 14.4 Å². The van der Waals surface area contributed by atoms with E-state index in [-0.39, 0.29) is 61.7 Å². The third-order valence-electron chi connectivity index (χ3n) is 14.8. The van der Waals surface area contributed by atoms with Gasteiger partial charge in [-0.2, -0.15) is 5.06 Å². The monoisotopic (exact) mass is 791 g/mol. The first-order valence-electron chi connectivity index (χ1n) is 22.2. The first-order chi connectivity index (χ1) is 26.5. The lowest BCUT2D eigenvalue weighted by Crippen LogP contribution is -2.62. The van der Waals surface area contributed by atoms with Gasteiger partial charge in [-0.25, -0.2) is 4.79 Å². The van der Waals surface area contributed by atoms with Crippen molar-refractivity contribution in [3.8, 4) is 0 Å². The molecule has 6 unspecified atom stereocenters. The number of hydroxylamine groups is 2. The van der Waals surface area contributed by atoms with Crippen LogP contribution in [0, 0.1) is 58.7 Å². The first-order valence-corrected chi connectivity index (χ1v) is 22.2. The average molecular weight is 791 g/mol. The van der Waals surface area contributed by atoms with Crippen molar-refractivity contribution in [2.75, 3.05) is 54.1 Å². The highest BCUT2D eigenvalue weighted by Gasteiger charge is 2.58. The number of ether oxygens (including phenoxy) is 3. The number of hydrogen-bond donors (Lipinski definition) is 3. The maximum atomic E-state index is 14.5. The number of nitrogens with zero attached hydrogens (tertiary/aromatic N) is 2. The van der Waals surface area contributed by atoms with E-state index in [4.69, 9.17) is 19.0 Å². The Bertz CT molecular complexity index is 1290. The lowest BCUT2D eigenvalue weighted by atomic mass is 9.45. The number of aliphatic hydroxyl groups excluding tert-OH is 1. The lowest BCUT2D eigenvalue weighted by Gasteiger charge is -2.62. The quantitative estimate of drug-likeness (QED) is 0.162. The SMILES string of the molecule is CCOC(=O)COC[C@@H]1ON(CC2CCCC(C3CCCC(C(=O)N[C@H](CC(C)C)CN(C)C)C3)C2OC)[C@H](C(=O)N[C@H]2CC3C[C@@H]([C@@H]2C)C3(C)C)[C@@H]1[C@H](C)O. The molecule has 2 amide bonds. The van der Waals surface area contributed by atoms with E-state index in [0.29, 0.717) is 47.5 Å². The maximum absolute atomic E-state index is 14.5. The Kier molecular flexibility index (Phi) is 16.1. The van der Waals surface area contributed by atoms with Gasteiger partial charge in [0.05, 0.1) is 25.4 Å². The van der Waals surface area contributed by atoms with Crippen molar-refractivity contribution in [2.24, 2.45) is 58.7 Å². The molecule has 5 aliphatic carbocycles. The number of rotatable bonds is 18. The Labute approximate surface area is 338 Å². The van der Waals surface area contributed by atoms with E-state index in [1.54, 1.807) is 21.0 Å². The third-order valence-corrected chi connectivity index (χ3v) is 14.8. The van der Waals surface area contributed by atoms with E-state index in [1.807, 2.05) is 5.06 Å². The molecular weight excluding hydrogens is 713 g/mol. The molecule has 0 radical (unpaired) electrons. The summed E-state index contributed by atoms with van der Waals surface area (Å²) >= 11 is 0. The standard InChI is InChI=1S/C44H78N4O8/c1-11-55-38(50)25-54-24-37-39(28(5)49)40(43(52)46-36-21-32-20-35(27(36)4)44(32,6)7)48(56-37)22-31-16-13-17-34(41(31)53-10)29-14-12-15-30(19-29)42(51)45-33(18-26(2)3)23-47(8)9/h26-37,39-41,49H,11-25H2,1-10H3,(H,45,51)(H,46,52)/t27-,28-,29?,30?,31?,32?,33+,34?,35-,36-,37-,39+,40-,41?/m0/s1. The van der Waals surface area contributed by atoms with Crippen molar-refractivity contribution >= 4 is 17.8 Å². The van der Waals surface area contributed by atoms with Crippen molar-refractivity contribution in [1.82, 2.24) is 20.6 Å². The van der Waals surface area contributed by atoms with Gasteiger partial charge in [0.25, 0.3) is 0 Å². The van der Waals surface area contributed by atoms with Gasteiger partial charge in [0.15, 0.2) is 0 Å². The van der Waals surface area contributed by atoms with E-state index in [9.17, 15) is 19.5 Å². The fourth-order valence-corrected chi connectivity index (χ4v) is 11.9. The molecule has 322 valence electrons. The molecule has 5 saturated carbocycles. The average Bonchev–Trinajstić information content (AvgIpc) is 3.49. The Morgan fingerprint density at radius 1 is 1.02 bits per heavy atom. The molecule has 1 heterocycles. The summed E-state index contributed by atoms with van der Waals surface area (Å²) < 4.78 is 17.2. The van der Waals surface area contributed by atoms with Crippen LogP contribution in [-0.2, 0) is 33.4 Å². The minimum atomic E-state index is -0.858. The zero-order chi connectivity index (χ0) is 40.9. The van der Waals surface area contributed by atoms with Gasteiger partial charge in [0, 0.05) is 50.0 Å². The van der Waals surface area contributed by atoms with E-state index < -0.39 is 30.1 Å². The number of esters is 1. The summed E-state index contributed by atoms with van der Waals surface area (Å²) in [7, 11) is 5.93. The largest absolute Gasteiger partial charge is 0.464 e. The predicted molar refractivity (Wildman–Crippen MR) is 216 cm³/mol. The summed E-state index contributed by atoms with van der Waals surface area (Å²) in [5.74, 6) is 1.84. The van der Waals surface area contributed by atoms with Crippen LogP contribution < -0.4 is 10.6 Å². The molecule has 6 rings (SSSR count). The number of fused-ring (bicyclic) bond motifs is 2. The van der Waals surface area contributed by atoms with E-state index in [1.165, 1.54) is 6.42 Å². The van der Waals surface area contributed by atoms with Crippen molar-refractivity contribution in [1.29, 1.82) is 0 Å². The van der Waals surface area contributed by atoms with Crippen LogP contribution in [-0.4, -0.2) is 123 Å². The fourth-order valence-electron chi connectivity index (χ4n) is 11.9. The Morgan fingerprint density at radius 2 is 1.75 bits per heavy atom. The van der Waals surface area contributed by atoms with E-state index in [0.717, 1.165) is 64.3 Å². The van der Waals surface area contributed by atoms with Crippen LogP contribution in [0.4, 0.5) is 0 Å². The molecule has 0 aromatic rings. The molecule has 14 atom stereocenters. The van der Waals surface area contributed by atoms with Crippen molar-refractivity contribution in [2.45, 2.75) is 149 Å². The second-order valence-corrected chi connectivity index (χ2v) is 19.7. The zero-order valence-corrected chi connectivity index (χ0v) is 36.5. The first kappa shape index (κ1) is 45.3. The number of carbonyl (C=O) groups is 3. The molecule has 1 aliphatic heterocycles. The number of hydrogen-bond acceptors (Lipinski definition) is 10. The lowest BCUT2D eigenvalue weighted by molar-refractivity contribution is -0.196. The zero-order valence-electron chi connectivity index (χ0n) is 36.5. The van der Waals surface area contributed by atoms with E-state index >= 15 is 0 Å². The Morgan fingerprint density at radius 3 is 2.38 bits per heavy atom. The molecule has 3 N–H and O–H groups in total. The molecule has 12 nitrogen and oxygen atoms in total. The van der Waals surface area contributed by atoms with Gasteiger partial charge >= 0.3 is 5.97 Å². The smallest absolute Gasteiger partial charge is 0.332 e. The second-order valence-electron chi connectivity index (χ2n) is 19.7. The normalized spacial score (nSPS) is 36.8. The molecule has 12 heteroatoms. The third kappa shape index (κ3) is 10.7. The van der Waals surface area contributed by atoms with Crippen LogP contribution in [0.5, 0.6) is 0 Å². The Balaban J connectivity index is 1.30. The highest BCUT2D eigenvalue weighted by molar-refractivity contribution is 5.83. The summed E-state index contributed by atoms with van der Waals surface area (Å²) in [5, 5.41) is 20.0. The summed E-state index contributed by atoms with van der Waals surface area (Å²) in [6.07, 6.45) is 8.53. The van der Waals surface area contributed by atoms with Crippen LogP contribution in [0.2, 0.25) is 0 Å². The number of likely N-dealkylation sites (N-methyl/N-ethyl adjacent to an activating group) is 1. The second kappa shape index (κ2) is 19.9. The summed E-state index contributed by atoms with van der Waals surface area (Å²) in [4.78, 5) is 49.2. The number of nitrogens with one attached hydrogen (secondary N) is 2. The van der Waals surface area contributed by atoms with Crippen LogP contribution >= 0.6 is 0 Å². The molecule has 1 saturated heterocycles. The number of aliphatic hydroxyl groups is 1. The van der Waals surface area contributed by atoms with Crippen LogP contribution in [0.1, 0.15) is 113 Å². The molecule has 6 aliphatic rings. The highest BCUT2D eigenvalue weighted by atomic mass is 16.7. The predicted octanol–water partition coefficient (Wildman–Crippen LogP) is 5.06. The minimum Gasteiger partial charge on any atom is -0.464 e.